The lowest BCUT2D eigenvalue weighted by atomic mass is 10.0. The molecule has 1 fully saturated rings. The smallest absolute Gasteiger partial charge is 0.247 e. The van der Waals surface area contributed by atoms with Gasteiger partial charge in [-0.2, -0.15) is 10.2 Å². The third-order valence-corrected chi connectivity index (χ3v) is 4.52. The Bertz CT molecular complexity index is 684. The molecule has 134 valence electrons. The summed E-state index contributed by atoms with van der Waals surface area (Å²) in [7, 11) is 0. The van der Waals surface area contributed by atoms with Gasteiger partial charge in [-0.1, -0.05) is 13.8 Å². The molecular weight excluding hydrogens is 318 g/mol. The van der Waals surface area contributed by atoms with Gasteiger partial charge in [0.2, 0.25) is 5.91 Å². The van der Waals surface area contributed by atoms with E-state index in [4.69, 9.17) is 0 Å². The normalized spacial score (nSPS) is 16.8. The molecule has 3 rings (SSSR count). The van der Waals surface area contributed by atoms with E-state index in [0.717, 1.165) is 37.6 Å². The van der Waals surface area contributed by atoms with Crippen LogP contribution in [0.4, 0.5) is 5.82 Å². The van der Waals surface area contributed by atoms with Crippen LogP contribution in [0.15, 0.2) is 24.8 Å². The molecule has 1 saturated heterocycles. The summed E-state index contributed by atoms with van der Waals surface area (Å²) in [6.45, 7) is 9.05. The van der Waals surface area contributed by atoms with Gasteiger partial charge in [0.1, 0.15) is 18.7 Å². The molecule has 1 amide bonds. The maximum absolute atomic E-state index is 13.1. The molecule has 1 atom stereocenters. The first kappa shape index (κ1) is 17.3. The van der Waals surface area contributed by atoms with E-state index in [1.165, 1.54) is 6.33 Å². The monoisotopic (exact) mass is 343 g/mol. The molecule has 3 heterocycles. The standard InChI is InChI=1S/C17H25N7O/c1-13(2)16(24-12-18-11-19-24)17(25)23-8-4-7-22(9-10-23)15-6-5-14(3)20-21-15/h5-6,11-13,16H,4,7-10H2,1-3H3/t16-/m1/s1. The first-order valence-corrected chi connectivity index (χ1v) is 8.74. The van der Waals surface area contributed by atoms with Gasteiger partial charge in [0.15, 0.2) is 5.82 Å². The molecule has 0 N–H and O–H groups in total. The second-order valence-corrected chi connectivity index (χ2v) is 6.76. The summed E-state index contributed by atoms with van der Waals surface area (Å²) in [6, 6.07) is 3.65. The van der Waals surface area contributed by atoms with Crippen molar-refractivity contribution in [2.75, 3.05) is 31.1 Å². The summed E-state index contributed by atoms with van der Waals surface area (Å²) in [5, 5.41) is 12.6. The molecule has 0 aliphatic carbocycles. The molecule has 0 bridgehead atoms. The van der Waals surface area contributed by atoms with Crippen molar-refractivity contribution in [1.29, 1.82) is 0 Å². The maximum Gasteiger partial charge on any atom is 0.247 e. The molecule has 8 nitrogen and oxygen atoms in total. The molecule has 1 aliphatic rings. The van der Waals surface area contributed by atoms with Gasteiger partial charge in [0.05, 0.1) is 5.69 Å². The van der Waals surface area contributed by atoms with Crippen LogP contribution in [-0.4, -0.2) is 61.9 Å². The number of hydrogen-bond donors (Lipinski definition) is 0. The van der Waals surface area contributed by atoms with Crippen molar-refractivity contribution >= 4 is 11.7 Å². The number of rotatable bonds is 4. The van der Waals surface area contributed by atoms with Crippen molar-refractivity contribution in [2.24, 2.45) is 5.92 Å². The van der Waals surface area contributed by atoms with Gasteiger partial charge in [0.25, 0.3) is 0 Å². The number of hydrogen-bond acceptors (Lipinski definition) is 6. The highest BCUT2D eigenvalue weighted by molar-refractivity contribution is 5.80. The van der Waals surface area contributed by atoms with Crippen LogP contribution in [0, 0.1) is 12.8 Å². The van der Waals surface area contributed by atoms with E-state index in [1.54, 1.807) is 11.0 Å². The number of aryl methyl sites for hydroxylation is 1. The summed E-state index contributed by atoms with van der Waals surface area (Å²) >= 11 is 0. The minimum Gasteiger partial charge on any atom is -0.353 e. The molecule has 1 aliphatic heterocycles. The van der Waals surface area contributed by atoms with Crippen LogP contribution in [-0.2, 0) is 4.79 Å². The number of nitrogens with zero attached hydrogens (tertiary/aromatic N) is 7. The van der Waals surface area contributed by atoms with Crippen molar-refractivity contribution in [3.05, 3.63) is 30.5 Å². The van der Waals surface area contributed by atoms with Gasteiger partial charge in [-0.25, -0.2) is 9.67 Å². The van der Waals surface area contributed by atoms with Crippen molar-refractivity contribution in [1.82, 2.24) is 29.9 Å². The predicted molar refractivity (Wildman–Crippen MR) is 94.1 cm³/mol. The summed E-state index contributed by atoms with van der Waals surface area (Å²) in [5.41, 5.74) is 0.906. The van der Waals surface area contributed by atoms with Crippen LogP contribution < -0.4 is 4.90 Å². The summed E-state index contributed by atoms with van der Waals surface area (Å²) < 4.78 is 1.67. The topological polar surface area (TPSA) is 80.0 Å². The van der Waals surface area contributed by atoms with Crippen molar-refractivity contribution < 1.29 is 4.79 Å². The van der Waals surface area contributed by atoms with Crippen molar-refractivity contribution in [2.45, 2.75) is 33.2 Å². The molecule has 0 unspecified atom stereocenters. The second-order valence-electron chi connectivity index (χ2n) is 6.76. The summed E-state index contributed by atoms with van der Waals surface area (Å²) in [4.78, 5) is 21.2. The van der Waals surface area contributed by atoms with Gasteiger partial charge in [-0.15, -0.1) is 5.10 Å². The van der Waals surface area contributed by atoms with Crippen LogP contribution in [0.3, 0.4) is 0 Å². The Kier molecular flexibility index (Phi) is 5.25. The van der Waals surface area contributed by atoms with Crippen LogP contribution in [0.2, 0.25) is 0 Å². The van der Waals surface area contributed by atoms with Crippen molar-refractivity contribution in [3.8, 4) is 0 Å². The maximum atomic E-state index is 13.1. The average molecular weight is 343 g/mol. The molecule has 25 heavy (non-hydrogen) atoms. The summed E-state index contributed by atoms with van der Waals surface area (Å²) in [6.07, 6.45) is 4.00. The number of carbonyl (C=O) groups is 1. The van der Waals surface area contributed by atoms with E-state index in [1.807, 2.05) is 37.8 Å². The highest BCUT2D eigenvalue weighted by atomic mass is 16.2. The average Bonchev–Trinajstić information content (AvgIpc) is 2.98. The Hall–Kier alpha value is -2.51. The van der Waals surface area contributed by atoms with E-state index in [9.17, 15) is 4.79 Å². The molecular formula is C17H25N7O. The molecule has 2 aromatic rings. The lowest BCUT2D eigenvalue weighted by molar-refractivity contribution is -0.136. The number of amides is 1. The first-order chi connectivity index (χ1) is 12.1. The van der Waals surface area contributed by atoms with Crippen LogP contribution in [0.5, 0.6) is 0 Å². The van der Waals surface area contributed by atoms with Crippen molar-refractivity contribution in [3.63, 3.8) is 0 Å². The quantitative estimate of drug-likeness (QED) is 0.833. The first-order valence-electron chi connectivity index (χ1n) is 8.74. The van der Waals surface area contributed by atoms with E-state index >= 15 is 0 Å². The molecule has 0 radical (unpaired) electrons. The number of anilines is 1. The largest absolute Gasteiger partial charge is 0.353 e. The zero-order valence-corrected chi connectivity index (χ0v) is 15.0. The number of aromatic nitrogens is 5. The fraction of sp³-hybridized carbons (Fsp3) is 0.588. The molecule has 0 aromatic carbocycles. The Morgan fingerprint density at radius 1 is 1.12 bits per heavy atom. The minimum absolute atomic E-state index is 0.109. The lowest BCUT2D eigenvalue weighted by Crippen LogP contribution is -2.41. The Morgan fingerprint density at radius 3 is 2.60 bits per heavy atom. The Morgan fingerprint density at radius 2 is 1.96 bits per heavy atom. The van der Waals surface area contributed by atoms with Gasteiger partial charge in [0, 0.05) is 26.2 Å². The Labute approximate surface area is 147 Å². The van der Waals surface area contributed by atoms with E-state index in [-0.39, 0.29) is 17.9 Å². The highest BCUT2D eigenvalue weighted by Gasteiger charge is 2.30. The molecule has 0 spiro atoms. The third kappa shape index (κ3) is 3.94. The van der Waals surface area contributed by atoms with E-state index in [2.05, 4.69) is 25.2 Å². The SMILES string of the molecule is Cc1ccc(N2CCCN(C(=O)[C@@H](C(C)C)n3cncn3)CC2)nn1. The van der Waals surface area contributed by atoms with E-state index < -0.39 is 0 Å². The fourth-order valence-corrected chi connectivity index (χ4v) is 3.18. The van der Waals surface area contributed by atoms with Gasteiger partial charge in [-0.05, 0) is 31.4 Å². The van der Waals surface area contributed by atoms with Crippen LogP contribution >= 0.6 is 0 Å². The second kappa shape index (κ2) is 7.58. The fourth-order valence-electron chi connectivity index (χ4n) is 3.18. The zero-order chi connectivity index (χ0) is 17.8. The van der Waals surface area contributed by atoms with Gasteiger partial charge < -0.3 is 9.80 Å². The summed E-state index contributed by atoms with van der Waals surface area (Å²) in [5.74, 6) is 1.13. The lowest BCUT2D eigenvalue weighted by Gasteiger charge is -2.28. The minimum atomic E-state index is -0.312. The van der Waals surface area contributed by atoms with Gasteiger partial charge >= 0.3 is 0 Å². The predicted octanol–water partition coefficient (Wildman–Crippen LogP) is 1.31. The van der Waals surface area contributed by atoms with E-state index in [0.29, 0.717) is 6.54 Å². The Balaban J connectivity index is 1.69. The van der Waals surface area contributed by atoms with Crippen LogP contribution in [0.1, 0.15) is 32.0 Å². The van der Waals surface area contributed by atoms with Crippen LogP contribution in [0.25, 0.3) is 0 Å². The van der Waals surface area contributed by atoms with Gasteiger partial charge in [-0.3, -0.25) is 4.79 Å². The molecule has 2 aromatic heterocycles. The molecule has 0 saturated carbocycles. The number of carbonyl (C=O) groups excluding carboxylic acids is 1. The third-order valence-electron chi connectivity index (χ3n) is 4.52. The zero-order valence-electron chi connectivity index (χ0n) is 15.0. The highest BCUT2D eigenvalue weighted by Crippen LogP contribution is 2.21. The molecule has 8 heteroatoms.